The van der Waals surface area contributed by atoms with Crippen molar-refractivity contribution in [1.82, 2.24) is 20.3 Å². The van der Waals surface area contributed by atoms with Crippen molar-refractivity contribution in [3.8, 4) is 0 Å². The highest BCUT2D eigenvalue weighted by Crippen LogP contribution is 2.11. The van der Waals surface area contributed by atoms with E-state index in [1.54, 1.807) is 25.0 Å². The number of nitrogens with zero attached hydrogens (tertiary/aromatic N) is 3. The molecule has 0 aliphatic rings. The van der Waals surface area contributed by atoms with Crippen LogP contribution in [0.4, 0.5) is 0 Å². The first kappa shape index (κ1) is 11.1. The van der Waals surface area contributed by atoms with Crippen LogP contribution in [0.5, 0.6) is 0 Å². The van der Waals surface area contributed by atoms with E-state index in [4.69, 9.17) is 0 Å². The summed E-state index contributed by atoms with van der Waals surface area (Å²) in [6, 6.07) is -0.259. The summed E-state index contributed by atoms with van der Waals surface area (Å²) in [6.45, 7) is 0. The predicted molar refractivity (Wildman–Crippen MR) is 52.5 cm³/mol. The highest BCUT2D eigenvalue weighted by atomic mass is 32.2. The van der Waals surface area contributed by atoms with Gasteiger partial charge in [0.15, 0.2) is 0 Å². The quantitative estimate of drug-likeness (QED) is 0.710. The first-order valence-corrected chi connectivity index (χ1v) is 6.19. The lowest BCUT2D eigenvalue weighted by molar-refractivity contribution is 0.552. The maximum Gasteiger partial charge on any atom is 0.149 e. The molecule has 1 atom stereocenters. The minimum atomic E-state index is -3.01. The fraction of sp³-hybridized carbons (Fsp3) is 0.714. The second-order valence-corrected chi connectivity index (χ2v) is 5.40. The van der Waals surface area contributed by atoms with Gasteiger partial charge in [-0.1, -0.05) is 5.21 Å². The minimum absolute atomic E-state index is 0.0463. The van der Waals surface area contributed by atoms with Crippen LogP contribution < -0.4 is 5.32 Å². The number of rotatable bonds is 4. The van der Waals surface area contributed by atoms with Gasteiger partial charge < -0.3 is 5.32 Å². The van der Waals surface area contributed by atoms with Crippen molar-refractivity contribution < 1.29 is 8.42 Å². The van der Waals surface area contributed by atoms with E-state index in [0.717, 1.165) is 5.69 Å². The Morgan fingerprint density at radius 1 is 1.64 bits per heavy atom. The molecule has 0 spiro atoms. The Kier molecular flexibility index (Phi) is 3.22. The molecule has 1 heterocycles. The molecule has 1 unspecified atom stereocenters. The molecule has 0 aromatic carbocycles. The van der Waals surface area contributed by atoms with Gasteiger partial charge in [-0.3, -0.25) is 4.68 Å². The molecule has 0 aliphatic heterocycles. The number of aryl methyl sites for hydroxylation is 1. The second-order valence-electron chi connectivity index (χ2n) is 3.22. The highest BCUT2D eigenvalue weighted by molar-refractivity contribution is 7.90. The molecule has 1 aromatic heterocycles. The zero-order valence-corrected chi connectivity index (χ0v) is 9.24. The summed E-state index contributed by atoms with van der Waals surface area (Å²) < 4.78 is 23.8. The molecule has 1 rings (SSSR count). The van der Waals surface area contributed by atoms with Crippen LogP contribution in [0.25, 0.3) is 0 Å². The Hall–Kier alpha value is -0.950. The molecular formula is C7H14N4O2S. The van der Waals surface area contributed by atoms with E-state index in [1.165, 1.54) is 6.26 Å². The van der Waals surface area contributed by atoms with Crippen LogP contribution in [0.15, 0.2) is 6.20 Å². The third kappa shape index (κ3) is 2.78. The lowest BCUT2D eigenvalue weighted by atomic mass is 10.2. The van der Waals surface area contributed by atoms with Gasteiger partial charge in [-0.05, 0) is 7.05 Å². The van der Waals surface area contributed by atoms with Crippen LogP contribution in [0.2, 0.25) is 0 Å². The van der Waals surface area contributed by atoms with Crippen molar-refractivity contribution >= 4 is 9.84 Å². The molecule has 1 N–H and O–H groups in total. The summed E-state index contributed by atoms with van der Waals surface area (Å²) in [6.07, 6.45) is 2.77. The fourth-order valence-corrected chi connectivity index (χ4v) is 2.18. The SMILES string of the molecule is CNC(CS(C)(=O)=O)c1cnnn1C. The summed E-state index contributed by atoms with van der Waals surface area (Å²) >= 11 is 0. The summed E-state index contributed by atoms with van der Waals surface area (Å²) in [4.78, 5) is 0. The molecule has 0 amide bonds. The normalized spacial score (nSPS) is 14.2. The first-order valence-electron chi connectivity index (χ1n) is 4.13. The number of aromatic nitrogens is 3. The van der Waals surface area contributed by atoms with E-state index in [0.29, 0.717) is 0 Å². The van der Waals surface area contributed by atoms with Gasteiger partial charge in [0.05, 0.1) is 23.7 Å². The lowest BCUT2D eigenvalue weighted by Crippen LogP contribution is -2.26. The Balaban J connectivity index is 2.89. The second kappa shape index (κ2) is 4.05. The Labute approximate surface area is 83.2 Å². The molecule has 7 heteroatoms. The molecule has 0 aliphatic carbocycles. The topological polar surface area (TPSA) is 76.9 Å². The first-order chi connectivity index (χ1) is 6.44. The Morgan fingerprint density at radius 2 is 2.29 bits per heavy atom. The van der Waals surface area contributed by atoms with E-state index in [9.17, 15) is 8.42 Å². The molecule has 1 aromatic rings. The van der Waals surface area contributed by atoms with E-state index in [-0.39, 0.29) is 11.8 Å². The van der Waals surface area contributed by atoms with Gasteiger partial charge in [0.25, 0.3) is 0 Å². The molecule has 0 saturated carbocycles. The average molecular weight is 218 g/mol. The largest absolute Gasteiger partial charge is 0.311 e. The van der Waals surface area contributed by atoms with E-state index < -0.39 is 9.84 Å². The van der Waals surface area contributed by atoms with E-state index >= 15 is 0 Å². The maximum absolute atomic E-state index is 11.1. The summed E-state index contributed by atoms with van der Waals surface area (Å²) in [5.41, 5.74) is 0.762. The van der Waals surface area contributed by atoms with Crippen molar-refractivity contribution in [2.24, 2.45) is 7.05 Å². The number of hydrogen-bond acceptors (Lipinski definition) is 5. The van der Waals surface area contributed by atoms with Gasteiger partial charge >= 0.3 is 0 Å². The van der Waals surface area contributed by atoms with Crippen molar-refractivity contribution in [3.63, 3.8) is 0 Å². The molecular weight excluding hydrogens is 204 g/mol. The molecule has 80 valence electrons. The van der Waals surface area contributed by atoms with Gasteiger partial charge in [0, 0.05) is 13.3 Å². The van der Waals surface area contributed by atoms with Gasteiger partial charge in [-0.2, -0.15) is 0 Å². The third-order valence-electron chi connectivity index (χ3n) is 1.92. The lowest BCUT2D eigenvalue weighted by Gasteiger charge is -2.14. The van der Waals surface area contributed by atoms with Crippen LogP contribution in [0.1, 0.15) is 11.7 Å². The van der Waals surface area contributed by atoms with Crippen LogP contribution in [-0.2, 0) is 16.9 Å². The number of hydrogen-bond donors (Lipinski definition) is 1. The molecule has 0 saturated heterocycles. The Bertz CT molecular complexity index is 398. The monoisotopic (exact) mass is 218 g/mol. The smallest absolute Gasteiger partial charge is 0.149 e. The third-order valence-corrected chi connectivity index (χ3v) is 2.86. The van der Waals surface area contributed by atoms with Crippen molar-refractivity contribution in [2.75, 3.05) is 19.1 Å². The average Bonchev–Trinajstić information content (AvgIpc) is 2.45. The molecule has 6 nitrogen and oxygen atoms in total. The fourth-order valence-electron chi connectivity index (χ4n) is 1.23. The van der Waals surface area contributed by atoms with Crippen LogP contribution >= 0.6 is 0 Å². The van der Waals surface area contributed by atoms with Gasteiger partial charge in [0.1, 0.15) is 9.84 Å². The zero-order valence-electron chi connectivity index (χ0n) is 8.43. The summed E-state index contributed by atoms with van der Waals surface area (Å²) in [5.74, 6) is 0.0463. The maximum atomic E-state index is 11.1. The predicted octanol–water partition coefficient (Wildman–Crippen LogP) is -0.880. The van der Waals surface area contributed by atoms with Crippen molar-refractivity contribution in [1.29, 1.82) is 0 Å². The molecule has 0 radical (unpaired) electrons. The summed E-state index contributed by atoms with van der Waals surface area (Å²) in [5, 5.41) is 10.4. The molecule has 0 fully saturated rings. The number of sulfone groups is 1. The van der Waals surface area contributed by atoms with Crippen molar-refractivity contribution in [3.05, 3.63) is 11.9 Å². The molecule has 0 bridgehead atoms. The zero-order chi connectivity index (χ0) is 10.8. The van der Waals surface area contributed by atoms with Crippen LogP contribution in [-0.4, -0.2) is 42.5 Å². The number of nitrogens with one attached hydrogen (secondary N) is 1. The molecule has 14 heavy (non-hydrogen) atoms. The highest BCUT2D eigenvalue weighted by Gasteiger charge is 2.18. The van der Waals surface area contributed by atoms with E-state index in [2.05, 4.69) is 15.6 Å². The Morgan fingerprint density at radius 3 is 2.64 bits per heavy atom. The van der Waals surface area contributed by atoms with Gasteiger partial charge in [-0.25, -0.2) is 8.42 Å². The van der Waals surface area contributed by atoms with Gasteiger partial charge in [-0.15, -0.1) is 5.10 Å². The summed E-state index contributed by atoms with van der Waals surface area (Å²) in [7, 11) is 0.433. The standard InChI is InChI=1S/C7H14N4O2S/c1-8-6(5-14(3,12)13)7-4-9-10-11(7)2/h4,6,8H,5H2,1-3H3. The van der Waals surface area contributed by atoms with Gasteiger partial charge in [0.2, 0.25) is 0 Å². The van der Waals surface area contributed by atoms with E-state index in [1.807, 2.05) is 0 Å². The van der Waals surface area contributed by atoms with Crippen LogP contribution in [0, 0.1) is 0 Å². The minimum Gasteiger partial charge on any atom is -0.311 e. The van der Waals surface area contributed by atoms with Crippen LogP contribution in [0.3, 0.4) is 0 Å². The van der Waals surface area contributed by atoms with Crippen molar-refractivity contribution in [2.45, 2.75) is 6.04 Å².